The second kappa shape index (κ2) is 8.43. The number of carbonyl (C=O) groups is 3. The highest BCUT2D eigenvalue weighted by molar-refractivity contribution is 6.06. The minimum Gasteiger partial charge on any atom is -0.495 e. The first-order chi connectivity index (χ1) is 14.3. The summed E-state index contributed by atoms with van der Waals surface area (Å²) < 4.78 is 24.3. The van der Waals surface area contributed by atoms with E-state index in [0.29, 0.717) is 16.5 Å². The number of ether oxygens (including phenoxy) is 2. The van der Waals surface area contributed by atoms with Gasteiger partial charge in [-0.3, -0.25) is 4.79 Å². The number of amides is 2. The molecular weight excluding hydrogens is 395 g/mol. The molecule has 0 aliphatic carbocycles. The van der Waals surface area contributed by atoms with Gasteiger partial charge in [0.15, 0.2) is 6.61 Å². The minimum absolute atomic E-state index is 0.00621. The normalized spacial score (nSPS) is 11.0. The molecule has 30 heavy (non-hydrogen) atoms. The van der Waals surface area contributed by atoms with Crippen LogP contribution in [-0.2, 0) is 9.53 Å². The second-order valence-corrected chi connectivity index (χ2v) is 6.10. The molecule has 0 spiro atoms. The highest BCUT2D eigenvalue weighted by atomic mass is 19.1. The zero-order chi connectivity index (χ0) is 21.8. The number of hydrogen-bond donors (Lipinski definition) is 2. The van der Waals surface area contributed by atoms with Crippen molar-refractivity contribution in [1.29, 1.82) is 0 Å². The van der Waals surface area contributed by atoms with Gasteiger partial charge >= 0.3 is 12.0 Å². The molecule has 1 aromatic heterocycles. The second-order valence-electron chi connectivity index (χ2n) is 6.10. The number of benzene rings is 2. The highest BCUT2D eigenvalue weighted by Gasteiger charge is 2.23. The van der Waals surface area contributed by atoms with Crippen LogP contribution in [-0.4, -0.2) is 41.4 Å². The lowest BCUT2D eigenvalue weighted by atomic mass is 10.1. The Morgan fingerprint density at radius 3 is 2.40 bits per heavy atom. The van der Waals surface area contributed by atoms with Crippen LogP contribution >= 0.6 is 0 Å². The lowest BCUT2D eigenvalue weighted by molar-refractivity contribution is -0.121. The molecule has 0 saturated heterocycles. The number of primary amides is 2. The Kier molecular flexibility index (Phi) is 5.77. The molecule has 0 aliphatic rings. The van der Waals surface area contributed by atoms with Gasteiger partial charge in [0.2, 0.25) is 0 Å². The van der Waals surface area contributed by atoms with Crippen LogP contribution in [0, 0.1) is 5.82 Å². The first-order valence-electron chi connectivity index (χ1n) is 8.60. The molecular formula is C20H17FN4O5. The van der Waals surface area contributed by atoms with E-state index < -0.39 is 24.5 Å². The average molecular weight is 412 g/mol. The van der Waals surface area contributed by atoms with E-state index >= 15 is 0 Å². The van der Waals surface area contributed by atoms with Gasteiger partial charge in [0.1, 0.15) is 17.1 Å². The van der Waals surface area contributed by atoms with Crippen LogP contribution in [0.4, 0.5) is 9.18 Å². The van der Waals surface area contributed by atoms with Crippen LogP contribution in [0.2, 0.25) is 0 Å². The fourth-order valence-corrected chi connectivity index (χ4v) is 2.83. The molecule has 9 nitrogen and oxygen atoms in total. The topological polar surface area (TPSA) is 140 Å². The van der Waals surface area contributed by atoms with E-state index in [9.17, 15) is 18.8 Å². The van der Waals surface area contributed by atoms with Crippen molar-refractivity contribution in [3.8, 4) is 5.75 Å². The summed E-state index contributed by atoms with van der Waals surface area (Å²) in [7, 11) is 1.33. The van der Waals surface area contributed by atoms with Gasteiger partial charge < -0.3 is 20.9 Å². The lowest BCUT2D eigenvalue weighted by Crippen LogP contribution is -2.21. The van der Waals surface area contributed by atoms with Crippen molar-refractivity contribution in [2.75, 3.05) is 13.7 Å². The van der Waals surface area contributed by atoms with Crippen LogP contribution in [0.3, 0.4) is 0 Å². The van der Waals surface area contributed by atoms with E-state index in [1.807, 2.05) is 0 Å². The van der Waals surface area contributed by atoms with Gasteiger partial charge in [0.25, 0.3) is 5.91 Å². The third-order valence-electron chi connectivity index (χ3n) is 4.11. The maximum atomic E-state index is 13.1. The predicted octanol–water partition coefficient (Wildman–Crippen LogP) is 1.92. The molecule has 0 saturated carbocycles. The molecule has 0 bridgehead atoms. The first-order valence-corrected chi connectivity index (χ1v) is 8.60. The summed E-state index contributed by atoms with van der Waals surface area (Å²) in [6.45, 7) is -0.599. The van der Waals surface area contributed by atoms with Crippen molar-refractivity contribution in [2.45, 2.75) is 0 Å². The number of nitrogens with two attached hydrogens (primary N) is 2. The molecule has 154 valence electrons. The number of hydrogen-bond acceptors (Lipinski definition) is 6. The summed E-state index contributed by atoms with van der Waals surface area (Å²) in [5, 5.41) is 4.50. The maximum Gasteiger partial charge on any atom is 0.342 e. The number of esters is 1. The smallest absolute Gasteiger partial charge is 0.342 e. The molecule has 1 heterocycles. The van der Waals surface area contributed by atoms with Gasteiger partial charge in [0.05, 0.1) is 23.7 Å². The number of fused-ring (bicyclic) bond motifs is 1. The highest BCUT2D eigenvalue weighted by Crippen LogP contribution is 2.34. The predicted molar refractivity (Wildman–Crippen MR) is 106 cm³/mol. The Labute approximate surface area is 169 Å². The molecule has 2 aromatic carbocycles. The molecule has 4 N–H and O–H groups in total. The summed E-state index contributed by atoms with van der Waals surface area (Å²) in [5.41, 5.74) is 11.6. The van der Waals surface area contributed by atoms with E-state index in [4.69, 9.17) is 20.9 Å². The minimum atomic E-state index is -0.840. The molecule has 0 fully saturated rings. The van der Waals surface area contributed by atoms with E-state index in [0.717, 1.165) is 4.68 Å². The Bertz CT molecular complexity index is 1170. The summed E-state index contributed by atoms with van der Waals surface area (Å²) in [4.78, 5) is 35.1. The maximum absolute atomic E-state index is 13.1. The van der Waals surface area contributed by atoms with Gasteiger partial charge in [0, 0.05) is 0 Å². The quantitative estimate of drug-likeness (QED) is 0.593. The molecule has 3 aromatic rings. The number of carbonyl (C=O) groups excluding carboxylic acids is 3. The lowest BCUT2D eigenvalue weighted by Gasteiger charge is -2.10. The summed E-state index contributed by atoms with van der Waals surface area (Å²) in [6, 6.07) is 7.68. The molecule has 0 unspecified atom stereocenters. The Morgan fingerprint density at radius 2 is 1.80 bits per heavy atom. The van der Waals surface area contributed by atoms with Crippen molar-refractivity contribution in [1.82, 2.24) is 9.78 Å². The molecule has 2 amide bonds. The van der Waals surface area contributed by atoms with Crippen LogP contribution in [0.15, 0.2) is 36.4 Å². The van der Waals surface area contributed by atoms with Gasteiger partial charge in [-0.1, -0.05) is 18.2 Å². The summed E-state index contributed by atoms with van der Waals surface area (Å²) >= 11 is 0. The molecule has 0 atom stereocenters. The van der Waals surface area contributed by atoms with Gasteiger partial charge in [-0.25, -0.2) is 14.0 Å². The number of halogens is 1. The van der Waals surface area contributed by atoms with Gasteiger partial charge in [-0.15, -0.1) is 0 Å². The Balaban J connectivity index is 2.14. The zero-order valence-electron chi connectivity index (χ0n) is 15.8. The SMILES string of the molecule is COc1c(C(=O)OCC(N)=O)ccc2c1c(C=Cc1ccc(F)cc1)nn2C(N)=O. The van der Waals surface area contributed by atoms with Crippen LogP contribution in [0.5, 0.6) is 5.75 Å². The van der Waals surface area contributed by atoms with Crippen LogP contribution in [0.1, 0.15) is 21.6 Å². The summed E-state index contributed by atoms with van der Waals surface area (Å²) in [6.07, 6.45) is 3.21. The fourth-order valence-electron chi connectivity index (χ4n) is 2.83. The first kappa shape index (κ1) is 20.5. The summed E-state index contributed by atoms with van der Waals surface area (Å²) in [5.74, 6) is -1.95. The van der Waals surface area contributed by atoms with Gasteiger partial charge in [-0.05, 0) is 35.9 Å². The van der Waals surface area contributed by atoms with E-state index in [2.05, 4.69) is 5.10 Å². The van der Waals surface area contributed by atoms with E-state index in [1.165, 1.54) is 31.4 Å². The third-order valence-corrected chi connectivity index (χ3v) is 4.11. The number of nitrogens with zero attached hydrogens (tertiary/aromatic N) is 2. The van der Waals surface area contributed by atoms with Crippen LogP contribution in [0.25, 0.3) is 23.1 Å². The van der Waals surface area contributed by atoms with Gasteiger partial charge in [-0.2, -0.15) is 9.78 Å². The zero-order valence-corrected chi connectivity index (χ0v) is 15.8. The fraction of sp³-hybridized carbons (Fsp3) is 0.100. The number of aromatic nitrogens is 2. The molecule has 10 heteroatoms. The van der Waals surface area contributed by atoms with Crippen molar-refractivity contribution in [3.05, 3.63) is 59.0 Å². The monoisotopic (exact) mass is 412 g/mol. The van der Waals surface area contributed by atoms with Crippen LogP contribution < -0.4 is 16.2 Å². The largest absolute Gasteiger partial charge is 0.495 e. The average Bonchev–Trinajstić information content (AvgIpc) is 3.10. The molecule has 3 rings (SSSR count). The molecule has 0 radical (unpaired) electrons. The standard InChI is InChI=1S/C20H17FN4O5/c1-29-18-13(19(27)30-10-16(22)26)7-9-15-17(18)14(24-25(15)20(23)28)8-4-11-2-5-12(21)6-3-11/h2-9H,10H2,1H3,(H2,22,26)(H2,23,28). The van der Waals surface area contributed by atoms with E-state index in [-0.39, 0.29) is 22.8 Å². The van der Waals surface area contributed by atoms with Crippen molar-refractivity contribution < 1.29 is 28.2 Å². The number of rotatable bonds is 6. The number of methoxy groups -OCH3 is 1. The molecule has 0 aliphatic heterocycles. The Morgan fingerprint density at radius 1 is 1.10 bits per heavy atom. The van der Waals surface area contributed by atoms with Crippen molar-refractivity contribution in [3.63, 3.8) is 0 Å². The van der Waals surface area contributed by atoms with E-state index in [1.54, 1.807) is 24.3 Å². The third kappa shape index (κ3) is 4.12. The van der Waals surface area contributed by atoms with Crippen molar-refractivity contribution >= 4 is 41.0 Å². The Hall–Kier alpha value is -4.21. The van der Waals surface area contributed by atoms with Crippen molar-refractivity contribution in [2.24, 2.45) is 11.5 Å².